The molecular formula is C11H14ClN5O4S2. The number of hydrogen-bond donors (Lipinski definition) is 2. The van der Waals surface area contributed by atoms with Crippen LogP contribution >= 0.6 is 11.6 Å². The van der Waals surface area contributed by atoms with Crippen LogP contribution in [0.1, 0.15) is 13.8 Å². The van der Waals surface area contributed by atoms with Gasteiger partial charge in [-0.05, 0) is 26.0 Å². The summed E-state index contributed by atoms with van der Waals surface area (Å²) in [5.41, 5.74) is 5.38. The number of sulfonamides is 1. The van der Waals surface area contributed by atoms with E-state index in [1.807, 2.05) is 0 Å². The van der Waals surface area contributed by atoms with E-state index >= 15 is 0 Å². The van der Waals surface area contributed by atoms with Crippen LogP contribution in [0.5, 0.6) is 0 Å². The molecule has 1 heterocycles. The second-order valence-electron chi connectivity index (χ2n) is 4.79. The summed E-state index contributed by atoms with van der Waals surface area (Å²) in [6.07, 6.45) is 0. The Morgan fingerprint density at radius 2 is 1.96 bits per heavy atom. The molecule has 23 heavy (non-hydrogen) atoms. The van der Waals surface area contributed by atoms with Crippen molar-refractivity contribution >= 4 is 43.8 Å². The lowest BCUT2D eigenvalue weighted by Gasteiger charge is -2.30. The Hall–Kier alpha value is -1.85. The molecule has 1 aliphatic heterocycles. The number of nitrogens with one attached hydrogen (secondary N) is 1. The van der Waals surface area contributed by atoms with Crippen LogP contribution in [0.15, 0.2) is 38.0 Å². The van der Waals surface area contributed by atoms with Crippen LogP contribution in [-0.4, -0.2) is 39.1 Å². The summed E-state index contributed by atoms with van der Waals surface area (Å²) in [5, 5.41) is 2.32. The summed E-state index contributed by atoms with van der Waals surface area (Å²) < 4.78 is 56.4. The summed E-state index contributed by atoms with van der Waals surface area (Å²) in [5.74, 6) is -0.942. The molecule has 0 fully saturated rings. The number of rotatable bonds is 3. The molecule has 1 aromatic rings. The molecular weight excluding hydrogens is 366 g/mol. The second kappa shape index (κ2) is 5.98. The minimum Gasteiger partial charge on any atom is -0.369 e. The van der Waals surface area contributed by atoms with Crippen LogP contribution in [0.3, 0.4) is 0 Å². The molecule has 0 aliphatic carbocycles. The molecule has 0 saturated heterocycles. The highest BCUT2D eigenvalue weighted by Crippen LogP contribution is 2.23. The van der Waals surface area contributed by atoms with Crippen molar-refractivity contribution in [2.75, 3.05) is 0 Å². The highest BCUT2D eigenvalue weighted by Gasteiger charge is 2.34. The largest absolute Gasteiger partial charge is 0.369 e. The van der Waals surface area contributed by atoms with Crippen molar-refractivity contribution in [2.45, 2.75) is 24.8 Å². The average Bonchev–Trinajstić information content (AvgIpc) is 2.35. The first-order chi connectivity index (χ1) is 10.5. The third-order valence-electron chi connectivity index (χ3n) is 2.70. The molecule has 3 N–H and O–H groups in total. The van der Waals surface area contributed by atoms with Gasteiger partial charge in [0, 0.05) is 6.04 Å². The van der Waals surface area contributed by atoms with Crippen LogP contribution in [-0.2, 0) is 20.2 Å². The number of nitrogens with zero attached hydrogens (tertiary/aromatic N) is 3. The molecule has 0 amide bonds. The van der Waals surface area contributed by atoms with Crippen LogP contribution in [0, 0.1) is 0 Å². The number of guanidine groups is 2. The third-order valence-corrected chi connectivity index (χ3v) is 5.99. The van der Waals surface area contributed by atoms with Gasteiger partial charge in [0.1, 0.15) is 4.90 Å². The molecule has 12 heteroatoms. The van der Waals surface area contributed by atoms with Gasteiger partial charge in [-0.15, -0.1) is 8.80 Å². The summed E-state index contributed by atoms with van der Waals surface area (Å²) in [7, 11) is -8.43. The molecule has 0 atom stereocenters. The van der Waals surface area contributed by atoms with Crippen LogP contribution in [0.25, 0.3) is 0 Å². The summed E-state index contributed by atoms with van der Waals surface area (Å²) >= 11 is 5.86. The quantitative estimate of drug-likeness (QED) is 0.773. The van der Waals surface area contributed by atoms with E-state index in [-0.39, 0.29) is 9.92 Å². The van der Waals surface area contributed by atoms with E-state index in [2.05, 4.69) is 14.1 Å². The van der Waals surface area contributed by atoms with E-state index in [0.717, 1.165) is 4.31 Å². The van der Waals surface area contributed by atoms with Gasteiger partial charge in [-0.2, -0.15) is 16.8 Å². The van der Waals surface area contributed by atoms with Gasteiger partial charge < -0.3 is 5.73 Å². The van der Waals surface area contributed by atoms with Gasteiger partial charge >= 0.3 is 10.2 Å². The molecule has 1 aromatic carbocycles. The fourth-order valence-electron chi connectivity index (χ4n) is 1.86. The van der Waals surface area contributed by atoms with E-state index in [4.69, 9.17) is 17.3 Å². The molecule has 2 rings (SSSR count). The van der Waals surface area contributed by atoms with Crippen molar-refractivity contribution in [1.82, 2.24) is 9.62 Å². The molecule has 0 saturated carbocycles. The molecule has 1 aliphatic rings. The van der Waals surface area contributed by atoms with Gasteiger partial charge in [0.2, 0.25) is 11.9 Å². The predicted octanol–water partition coefficient (Wildman–Crippen LogP) is 0.258. The topological polar surface area (TPSA) is 134 Å². The number of nitrogens with two attached hydrogens (primary N) is 1. The van der Waals surface area contributed by atoms with E-state index < -0.39 is 38.2 Å². The molecule has 0 bridgehead atoms. The number of halogens is 1. The summed E-state index contributed by atoms with van der Waals surface area (Å²) in [4.78, 5) is -0.252. The average molecular weight is 380 g/mol. The maximum absolute atomic E-state index is 12.4. The van der Waals surface area contributed by atoms with Crippen molar-refractivity contribution in [2.24, 2.45) is 14.5 Å². The maximum Gasteiger partial charge on any atom is 0.350 e. The Morgan fingerprint density at radius 1 is 1.35 bits per heavy atom. The zero-order valence-corrected chi connectivity index (χ0v) is 14.5. The highest BCUT2D eigenvalue weighted by molar-refractivity contribution is 7.91. The van der Waals surface area contributed by atoms with Crippen LogP contribution in [0.2, 0.25) is 5.02 Å². The van der Waals surface area contributed by atoms with E-state index in [9.17, 15) is 16.8 Å². The lowest BCUT2D eigenvalue weighted by molar-refractivity contribution is 0.462. The minimum atomic E-state index is -4.25. The first kappa shape index (κ1) is 17.5. The predicted molar refractivity (Wildman–Crippen MR) is 86.7 cm³/mol. The number of benzene rings is 1. The second-order valence-corrected chi connectivity index (χ2v) is 8.24. The summed E-state index contributed by atoms with van der Waals surface area (Å²) in [6.45, 7) is 3.07. The van der Waals surface area contributed by atoms with Gasteiger partial charge in [-0.25, -0.2) is 4.31 Å². The Morgan fingerprint density at radius 3 is 2.52 bits per heavy atom. The van der Waals surface area contributed by atoms with Crippen molar-refractivity contribution in [3.63, 3.8) is 0 Å². The van der Waals surface area contributed by atoms with Gasteiger partial charge in [0.25, 0.3) is 10.0 Å². The van der Waals surface area contributed by atoms with Crippen molar-refractivity contribution in [3.8, 4) is 0 Å². The monoisotopic (exact) mass is 379 g/mol. The molecule has 0 spiro atoms. The Bertz CT molecular complexity index is 893. The molecule has 126 valence electrons. The van der Waals surface area contributed by atoms with Crippen LogP contribution in [0.4, 0.5) is 0 Å². The molecule has 0 radical (unpaired) electrons. The minimum absolute atomic E-state index is 0.0340. The molecule has 0 aromatic heterocycles. The molecule has 9 nitrogen and oxygen atoms in total. The van der Waals surface area contributed by atoms with Gasteiger partial charge in [0.05, 0.1) is 5.02 Å². The SMILES string of the molecule is CC(C)N1/C(=N\S(=O)(=O)c2ccccc2Cl)NC(N)=NS1(=O)=O. The van der Waals surface area contributed by atoms with E-state index in [1.165, 1.54) is 32.0 Å². The Balaban J connectivity index is 2.61. The standard InChI is InChI=1S/C11H14ClN5O4S2/c1-7(2)17-11(14-10(13)15-23(17,20)21)16-22(18,19)9-6-4-3-5-8(9)12/h3-7H,1-2H3,(H3,13,14,15,16). The van der Waals surface area contributed by atoms with Gasteiger partial charge in [-0.3, -0.25) is 5.32 Å². The third kappa shape index (κ3) is 3.57. The Kier molecular flexibility index (Phi) is 4.55. The first-order valence-electron chi connectivity index (χ1n) is 6.31. The van der Waals surface area contributed by atoms with E-state index in [1.54, 1.807) is 6.07 Å². The van der Waals surface area contributed by atoms with Crippen molar-refractivity contribution < 1.29 is 16.8 Å². The fourth-order valence-corrected chi connectivity index (χ4v) is 4.59. The van der Waals surface area contributed by atoms with E-state index in [0.29, 0.717) is 0 Å². The first-order valence-corrected chi connectivity index (χ1v) is 9.52. The lowest BCUT2D eigenvalue weighted by atomic mass is 10.4. The summed E-state index contributed by atoms with van der Waals surface area (Å²) in [6, 6.07) is 5.04. The zero-order chi connectivity index (χ0) is 17.4. The molecule has 0 unspecified atom stereocenters. The maximum atomic E-state index is 12.4. The van der Waals surface area contributed by atoms with Crippen LogP contribution < -0.4 is 11.1 Å². The van der Waals surface area contributed by atoms with Gasteiger partial charge in [-0.1, -0.05) is 23.7 Å². The smallest absolute Gasteiger partial charge is 0.350 e. The highest BCUT2D eigenvalue weighted by atomic mass is 35.5. The van der Waals surface area contributed by atoms with Crippen molar-refractivity contribution in [3.05, 3.63) is 29.3 Å². The van der Waals surface area contributed by atoms with Crippen molar-refractivity contribution in [1.29, 1.82) is 0 Å². The fraction of sp³-hybridized carbons (Fsp3) is 0.273. The zero-order valence-electron chi connectivity index (χ0n) is 12.1. The Labute approximate surface area is 139 Å². The number of hydrogen-bond acceptors (Lipinski definition) is 5. The lowest BCUT2D eigenvalue weighted by Crippen LogP contribution is -2.56. The van der Waals surface area contributed by atoms with Gasteiger partial charge in [0.15, 0.2) is 0 Å². The normalized spacial score (nSPS) is 19.6.